The molecule has 0 aliphatic carbocycles. The van der Waals surface area contributed by atoms with Crippen LogP contribution in [0, 0.1) is 11.3 Å². The summed E-state index contributed by atoms with van der Waals surface area (Å²) >= 11 is 5.00. The van der Waals surface area contributed by atoms with Gasteiger partial charge in [0.15, 0.2) is 5.11 Å². The van der Waals surface area contributed by atoms with Crippen LogP contribution in [-0.4, -0.2) is 16.6 Å². The Morgan fingerprint density at radius 3 is 2.86 bits per heavy atom. The normalized spacial score (nSPS) is 8.79. The van der Waals surface area contributed by atoms with Crippen LogP contribution < -0.4 is 10.6 Å². The molecule has 0 aliphatic rings. The maximum absolute atomic E-state index is 8.31. The Balaban J connectivity index is 2.32. The van der Waals surface area contributed by atoms with E-state index in [9.17, 15) is 0 Å². The van der Waals surface area contributed by atoms with E-state index in [1.165, 1.54) is 0 Å². The van der Waals surface area contributed by atoms with E-state index >= 15 is 0 Å². The molecule has 2 N–H and O–H groups in total. The van der Waals surface area contributed by atoms with Crippen LogP contribution in [0.3, 0.4) is 0 Å². The van der Waals surface area contributed by atoms with Crippen LogP contribution >= 0.6 is 12.2 Å². The Morgan fingerprint density at radius 1 is 1.50 bits per heavy atom. The third kappa shape index (κ3) is 3.83. The largest absolute Gasteiger partial charge is 0.361 e. The molecular formula is C9H10N4S. The van der Waals surface area contributed by atoms with Gasteiger partial charge in [-0.25, -0.2) is 0 Å². The van der Waals surface area contributed by atoms with Crippen molar-refractivity contribution in [2.24, 2.45) is 0 Å². The summed E-state index contributed by atoms with van der Waals surface area (Å²) in [7, 11) is 0. The topological polar surface area (TPSA) is 60.7 Å². The monoisotopic (exact) mass is 206 g/mol. The third-order valence-electron chi connectivity index (χ3n) is 1.46. The van der Waals surface area contributed by atoms with Crippen molar-refractivity contribution in [2.75, 3.05) is 11.9 Å². The number of nitrogens with zero attached hydrogens (tertiary/aromatic N) is 2. The van der Waals surface area contributed by atoms with Crippen LogP contribution in [0.2, 0.25) is 0 Å². The van der Waals surface area contributed by atoms with E-state index in [4.69, 9.17) is 17.5 Å². The average Bonchev–Trinajstić information content (AvgIpc) is 2.20. The van der Waals surface area contributed by atoms with Gasteiger partial charge in [0.25, 0.3) is 0 Å². The first-order valence-corrected chi connectivity index (χ1v) is 4.55. The Labute approximate surface area is 88.0 Å². The van der Waals surface area contributed by atoms with E-state index in [-0.39, 0.29) is 0 Å². The van der Waals surface area contributed by atoms with Gasteiger partial charge in [0.2, 0.25) is 0 Å². The van der Waals surface area contributed by atoms with Crippen LogP contribution in [-0.2, 0) is 0 Å². The number of pyridine rings is 1. The summed E-state index contributed by atoms with van der Waals surface area (Å²) in [5.41, 5.74) is 0.884. The van der Waals surface area contributed by atoms with Crippen molar-refractivity contribution >= 4 is 23.0 Å². The van der Waals surface area contributed by atoms with Gasteiger partial charge >= 0.3 is 0 Å². The van der Waals surface area contributed by atoms with Crippen LogP contribution in [0.4, 0.5) is 5.69 Å². The molecule has 0 unspecified atom stereocenters. The highest BCUT2D eigenvalue weighted by Crippen LogP contribution is 2.02. The highest BCUT2D eigenvalue weighted by atomic mass is 32.1. The predicted molar refractivity (Wildman–Crippen MR) is 58.7 cm³/mol. The van der Waals surface area contributed by atoms with E-state index in [0.29, 0.717) is 18.1 Å². The lowest BCUT2D eigenvalue weighted by atomic mass is 10.4. The highest BCUT2D eigenvalue weighted by molar-refractivity contribution is 7.80. The zero-order chi connectivity index (χ0) is 10.2. The van der Waals surface area contributed by atoms with E-state index in [1.54, 1.807) is 12.4 Å². The lowest BCUT2D eigenvalue weighted by Gasteiger charge is -2.08. The molecule has 0 bridgehead atoms. The molecule has 0 radical (unpaired) electrons. The van der Waals surface area contributed by atoms with Gasteiger partial charge in [-0.3, -0.25) is 4.98 Å². The Hall–Kier alpha value is -1.67. The first-order chi connectivity index (χ1) is 6.83. The minimum Gasteiger partial charge on any atom is -0.361 e. The molecule has 0 fully saturated rings. The van der Waals surface area contributed by atoms with Gasteiger partial charge in [-0.15, -0.1) is 0 Å². The van der Waals surface area contributed by atoms with Gasteiger partial charge in [0.1, 0.15) is 0 Å². The SMILES string of the molecule is N#CCCNC(=S)Nc1ccncc1. The number of thiocarbonyl (C=S) groups is 1. The van der Waals surface area contributed by atoms with Gasteiger partial charge < -0.3 is 10.6 Å². The molecule has 0 saturated carbocycles. The van der Waals surface area contributed by atoms with Crippen LogP contribution in [0.1, 0.15) is 6.42 Å². The van der Waals surface area contributed by atoms with Crippen molar-refractivity contribution in [1.82, 2.24) is 10.3 Å². The van der Waals surface area contributed by atoms with Crippen molar-refractivity contribution in [3.63, 3.8) is 0 Å². The molecule has 0 aromatic carbocycles. The van der Waals surface area contributed by atoms with Gasteiger partial charge in [-0.1, -0.05) is 0 Å². The summed E-state index contributed by atoms with van der Waals surface area (Å²) in [4.78, 5) is 3.88. The molecule has 0 atom stereocenters. The Morgan fingerprint density at radius 2 is 2.21 bits per heavy atom. The molecule has 0 amide bonds. The second-order valence-corrected chi connectivity index (χ2v) is 2.93. The number of rotatable bonds is 3. The molecule has 72 valence electrons. The fourth-order valence-corrected chi connectivity index (χ4v) is 1.06. The van der Waals surface area contributed by atoms with E-state index in [2.05, 4.69) is 15.6 Å². The number of aromatic nitrogens is 1. The van der Waals surface area contributed by atoms with E-state index < -0.39 is 0 Å². The molecule has 14 heavy (non-hydrogen) atoms. The molecule has 5 heteroatoms. The van der Waals surface area contributed by atoms with Crippen molar-refractivity contribution in [3.8, 4) is 6.07 Å². The van der Waals surface area contributed by atoms with Crippen LogP contribution in [0.5, 0.6) is 0 Å². The molecule has 0 aliphatic heterocycles. The fraction of sp³-hybridized carbons (Fsp3) is 0.222. The molecule has 0 spiro atoms. The van der Waals surface area contributed by atoms with Crippen molar-refractivity contribution < 1.29 is 0 Å². The van der Waals surface area contributed by atoms with Crippen LogP contribution in [0.15, 0.2) is 24.5 Å². The molecule has 1 heterocycles. The highest BCUT2D eigenvalue weighted by Gasteiger charge is 1.94. The summed E-state index contributed by atoms with van der Waals surface area (Å²) < 4.78 is 0. The first-order valence-electron chi connectivity index (χ1n) is 4.15. The molecule has 1 aromatic rings. The summed E-state index contributed by atoms with van der Waals surface area (Å²) in [6, 6.07) is 5.66. The molecule has 1 aromatic heterocycles. The van der Waals surface area contributed by atoms with E-state index in [0.717, 1.165) is 5.69 Å². The van der Waals surface area contributed by atoms with Gasteiger partial charge in [0, 0.05) is 24.6 Å². The number of hydrogen-bond donors (Lipinski definition) is 2. The summed E-state index contributed by atoms with van der Waals surface area (Å²) in [6.45, 7) is 0.563. The van der Waals surface area contributed by atoms with Gasteiger partial charge in [-0.2, -0.15) is 5.26 Å². The summed E-state index contributed by atoms with van der Waals surface area (Å²) in [6.07, 6.45) is 3.80. The molecule has 0 saturated heterocycles. The fourth-order valence-electron chi connectivity index (χ4n) is 0.842. The second kappa shape index (κ2) is 5.89. The van der Waals surface area contributed by atoms with Gasteiger partial charge in [-0.05, 0) is 24.4 Å². The minimum absolute atomic E-state index is 0.443. The zero-order valence-corrected chi connectivity index (χ0v) is 8.34. The molecular weight excluding hydrogens is 196 g/mol. The first kappa shape index (κ1) is 10.4. The van der Waals surface area contributed by atoms with Crippen LogP contribution in [0.25, 0.3) is 0 Å². The maximum Gasteiger partial charge on any atom is 0.170 e. The van der Waals surface area contributed by atoms with Crippen molar-refractivity contribution in [2.45, 2.75) is 6.42 Å². The predicted octanol–water partition coefficient (Wildman–Crippen LogP) is 1.28. The second-order valence-electron chi connectivity index (χ2n) is 2.52. The third-order valence-corrected chi connectivity index (χ3v) is 1.71. The smallest absolute Gasteiger partial charge is 0.170 e. The lowest BCUT2D eigenvalue weighted by molar-refractivity contribution is 0.905. The average molecular weight is 206 g/mol. The molecule has 1 rings (SSSR count). The number of nitrogens with one attached hydrogen (secondary N) is 2. The van der Waals surface area contributed by atoms with Gasteiger partial charge in [0.05, 0.1) is 12.5 Å². The molecule has 4 nitrogen and oxygen atoms in total. The quantitative estimate of drug-likeness (QED) is 0.576. The van der Waals surface area contributed by atoms with E-state index in [1.807, 2.05) is 18.2 Å². The number of nitriles is 1. The van der Waals surface area contributed by atoms with Crippen molar-refractivity contribution in [1.29, 1.82) is 5.26 Å². The standard InChI is InChI=1S/C9H10N4S/c10-4-1-5-12-9(14)13-8-2-6-11-7-3-8/h2-3,6-7H,1,5H2,(H2,11,12,13,14). The lowest BCUT2D eigenvalue weighted by Crippen LogP contribution is -2.28. The number of anilines is 1. The Bertz CT molecular complexity index is 330. The summed E-state index contributed by atoms with van der Waals surface area (Å²) in [5, 5.41) is 14.7. The maximum atomic E-state index is 8.31. The summed E-state index contributed by atoms with van der Waals surface area (Å²) in [5.74, 6) is 0. The zero-order valence-electron chi connectivity index (χ0n) is 7.53. The van der Waals surface area contributed by atoms with Crippen molar-refractivity contribution in [3.05, 3.63) is 24.5 Å². The number of hydrogen-bond acceptors (Lipinski definition) is 3. The minimum atomic E-state index is 0.443. The Kier molecular flexibility index (Phi) is 4.38.